The van der Waals surface area contributed by atoms with Crippen LogP contribution < -0.4 is 5.32 Å². The molecule has 1 saturated heterocycles. The van der Waals surface area contributed by atoms with E-state index in [1.807, 2.05) is 36.0 Å². The molecule has 0 saturated carbocycles. The normalized spacial score (nSPS) is 22.3. The molecule has 4 nitrogen and oxygen atoms in total. The fourth-order valence-corrected chi connectivity index (χ4v) is 3.99. The van der Waals surface area contributed by atoms with Crippen LogP contribution in [0, 0.1) is 0 Å². The second-order valence-electron chi connectivity index (χ2n) is 4.74. The molecule has 1 aliphatic heterocycles. The monoisotopic (exact) mass is 309 g/mol. The van der Waals surface area contributed by atoms with Crippen LogP contribution >= 0.6 is 23.4 Å². The van der Waals surface area contributed by atoms with E-state index >= 15 is 0 Å². The SMILES string of the molecule is CCNC1CSCC1c1nc(-c2ccccc2Cl)no1. The van der Waals surface area contributed by atoms with E-state index in [1.54, 1.807) is 0 Å². The van der Waals surface area contributed by atoms with Gasteiger partial charge in [-0.3, -0.25) is 0 Å². The van der Waals surface area contributed by atoms with Gasteiger partial charge in [0.15, 0.2) is 0 Å². The van der Waals surface area contributed by atoms with Gasteiger partial charge in [-0.2, -0.15) is 16.7 Å². The summed E-state index contributed by atoms with van der Waals surface area (Å²) < 4.78 is 5.46. The molecule has 1 aromatic heterocycles. The van der Waals surface area contributed by atoms with Crippen molar-refractivity contribution >= 4 is 23.4 Å². The van der Waals surface area contributed by atoms with Crippen LogP contribution in [-0.4, -0.2) is 34.2 Å². The average Bonchev–Trinajstić information content (AvgIpc) is 3.08. The lowest BCUT2D eigenvalue weighted by Gasteiger charge is -2.15. The third kappa shape index (κ3) is 2.71. The Morgan fingerprint density at radius 3 is 3.05 bits per heavy atom. The lowest BCUT2D eigenvalue weighted by Crippen LogP contribution is -2.34. The summed E-state index contributed by atoms with van der Waals surface area (Å²) in [5.41, 5.74) is 0.815. The van der Waals surface area contributed by atoms with E-state index in [2.05, 4.69) is 22.4 Å². The van der Waals surface area contributed by atoms with Crippen molar-refractivity contribution in [3.05, 3.63) is 35.2 Å². The fraction of sp³-hybridized carbons (Fsp3) is 0.429. The Morgan fingerprint density at radius 2 is 2.25 bits per heavy atom. The van der Waals surface area contributed by atoms with Gasteiger partial charge in [-0.15, -0.1) is 0 Å². The van der Waals surface area contributed by atoms with E-state index in [0.29, 0.717) is 22.8 Å². The lowest BCUT2D eigenvalue weighted by atomic mass is 10.0. The Kier molecular flexibility index (Phi) is 4.29. The van der Waals surface area contributed by atoms with Gasteiger partial charge in [-0.25, -0.2) is 0 Å². The zero-order valence-corrected chi connectivity index (χ0v) is 12.7. The number of benzene rings is 1. The molecule has 0 radical (unpaired) electrons. The number of hydrogen-bond donors (Lipinski definition) is 1. The molecule has 0 spiro atoms. The molecular weight excluding hydrogens is 294 g/mol. The second kappa shape index (κ2) is 6.16. The predicted molar refractivity (Wildman–Crippen MR) is 82.3 cm³/mol. The summed E-state index contributed by atoms with van der Waals surface area (Å²) in [5.74, 6) is 3.65. The Balaban J connectivity index is 1.85. The minimum Gasteiger partial charge on any atom is -0.339 e. The summed E-state index contributed by atoms with van der Waals surface area (Å²) in [7, 11) is 0. The highest BCUT2D eigenvalue weighted by Crippen LogP contribution is 2.33. The third-order valence-corrected chi connectivity index (χ3v) is 4.94. The molecule has 2 atom stereocenters. The van der Waals surface area contributed by atoms with Gasteiger partial charge in [-0.1, -0.05) is 35.8 Å². The van der Waals surface area contributed by atoms with Gasteiger partial charge in [0.25, 0.3) is 0 Å². The maximum atomic E-state index is 6.17. The van der Waals surface area contributed by atoms with Gasteiger partial charge in [0.05, 0.1) is 10.9 Å². The van der Waals surface area contributed by atoms with Gasteiger partial charge in [-0.05, 0) is 18.7 Å². The number of hydrogen-bond acceptors (Lipinski definition) is 5. The van der Waals surface area contributed by atoms with Crippen LogP contribution in [0.3, 0.4) is 0 Å². The van der Waals surface area contributed by atoms with Crippen LogP contribution in [0.5, 0.6) is 0 Å². The maximum Gasteiger partial charge on any atom is 0.232 e. The standard InChI is InChI=1S/C14H16ClN3OS/c1-2-16-12-8-20-7-10(12)14-17-13(18-19-14)9-5-3-4-6-11(9)15/h3-6,10,12,16H,2,7-8H2,1H3. The van der Waals surface area contributed by atoms with E-state index in [9.17, 15) is 0 Å². The molecule has 20 heavy (non-hydrogen) atoms. The molecule has 2 heterocycles. The number of likely N-dealkylation sites (N-methyl/N-ethyl adjacent to an activating group) is 1. The molecule has 1 aliphatic rings. The van der Waals surface area contributed by atoms with Crippen LogP contribution in [0.1, 0.15) is 18.7 Å². The molecule has 6 heteroatoms. The molecule has 106 valence electrons. The number of thioether (sulfide) groups is 1. The Bertz CT molecular complexity index is 589. The minimum atomic E-state index is 0.281. The number of nitrogens with zero attached hydrogens (tertiary/aromatic N) is 2. The van der Waals surface area contributed by atoms with E-state index in [0.717, 1.165) is 23.6 Å². The predicted octanol–water partition coefficient (Wildman–Crippen LogP) is 3.20. The molecule has 0 aliphatic carbocycles. The van der Waals surface area contributed by atoms with Crippen molar-refractivity contribution in [2.75, 3.05) is 18.1 Å². The van der Waals surface area contributed by atoms with Crippen molar-refractivity contribution < 1.29 is 4.52 Å². The molecule has 3 rings (SSSR count). The summed E-state index contributed by atoms with van der Waals surface area (Å²) in [4.78, 5) is 4.54. The van der Waals surface area contributed by atoms with Gasteiger partial charge in [0.1, 0.15) is 0 Å². The van der Waals surface area contributed by atoms with E-state index in [-0.39, 0.29) is 5.92 Å². The number of halogens is 1. The molecule has 1 N–H and O–H groups in total. The minimum absolute atomic E-state index is 0.281. The Hall–Kier alpha value is -1.04. The van der Waals surface area contributed by atoms with Crippen LogP contribution in [0.4, 0.5) is 0 Å². The summed E-state index contributed by atoms with van der Waals surface area (Å²) >= 11 is 8.08. The molecule has 1 fully saturated rings. The van der Waals surface area contributed by atoms with E-state index < -0.39 is 0 Å². The van der Waals surface area contributed by atoms with Crippen molar-refractivity contribution in [3.8, 4) is 11.4 Å². The molecular formula is C14H16ClN3OS. The first-order chi connectivity index (χ1) is 9.79. The largest absolute Gasteiger partial charge is 0.339 e. The molecule has 0 bridgehead atoms. The molecule has 2 aromatic rings. The fourth-order valence-electron chi connectivity index (χ4n) is 2.40. The first-order valence-electron chi connectivity index (χ1n) is 6.69. The maximum absolute atomic E-state index is 6.17. The van der Waals surface area contributed by atoms with Crippen LogP contribution in [0.15, 0.2) is 28.8 Å². The first-order valence-corrected chi connectivity index (χ1v) is 8.22. The second-order valence-corrected chi connectivity index (χ2v) is 6.23. The molecule has 0 amide bonds. The third-order valence-electron chi connectivity index (χ3n) is 3.42. The summed E-state index contributed by atoms with van der Waals surface area (Å²) in [6.07, 6.45) is 0. The van der Waals surface area contributed by atoms with E-state index in [4.69, 9.17) is 16.1 Å². The van der Waals surface area contributed by atoms with Crippen LogP contribution in [0.25, 0.3) is 11.4 Å². The molecule has 1 aromatic carbocycles. The van der Waals surface area contributed by atoms with Crippen molar-refractivity contribution in [1.29, 1.82) is 0 Å². The van der Waals surface area contributed by atoms with Crippen LogP contribution in [-0.2, 0) is 0 Å². The summed E-state index contributed by atoms with van der Waals surface area (Å²) in [6, 6.07) is 7.96. The first kappa shape index (κ1) is 13.9. The van der Waals surface area contributed by atoms with Crippen molar-refractivity contribution in [2.24, 2.45) is 0 Å². The van der Waals surface area contributed by atoms with Crippen LogP contribution in [0.2, 0.25) is 5.02 Å². The zero-order valence-electron chi connectivity index (χ0n) is 11.2. The van der Waals surface area contributed by atoms with Gasteiger partial charge >= 0.3 is 0 Å². The van der Waals surface area contributed by atoms with Crippen molar-refractivity contribution in [2.45, 2.75) is 18.9 Å². The quantitative estimate of drug-likeness (QED) is 0.940. The Morgan fingerprint density at radius 1 is 1.40 bits per heavy atom. The Labute approximate surface area is 127 Å². The van der Waals surface area contributed by atoms with E-state index in [1.165, 1.54) is 0 Å². The van der Waals surface area contributed by atoms with Gasteiger partial charge in [0, 0.05) is 23.1 Å². The van der Waals surface area contributed by atoms with Gasteiger partial charge < -0.3 is 9.84 Å². The molecule has 2 unspecified atom stereocenters. The smallest absolute Gasteiger partial charge is 0.232 e. The number of aromatic nitrogens is 2. The van der Waals surface area contributed by atoms with Crippen molar-refractivity contribution in [1.82, 2.24) is 15.5 Å². The number of rotatable bonds is 4. The summed E-state index contributed by atoms with van der Waals surface area (Å²) in [5, 5.41) is 8.20. The lowest BCUT2D eigenvalue weighted by molar-refractivity contribution is 0.340. The topological polar surface area (TPSA) is 51.0 Å². The zero-order chi connectivity index (χ0) is 13.9. The highest BCUT2D eigenvalue weighted by atomic mass is 35.5. The number of nitrogens with one attached hydrogen (secondary N) is 1. The summed E-state index contributed by atoms with van der Waals surface area (Å²) in [6.45, 7) is 3.07. The average molecular weight is 310 g/mol. The van der Waals surface area contributed by atoms with Crippen molar-refractivity contribution in [3.63, 3.8) is 0 Å². The highest BCUT2D eigenvalue weighted by molar-refractivity contribution is 7.99. The van der Waals surface area contributed by atoms with Gasteiger partial charge in [0.2, 0.25) is 11.7 Å². The highest BCUT2D eigenvalue weighted by Gasteiger charge is 2.33.